The molecule has 0 saturated carbocycles. The van der Waals surface area contributed by atoms with Crippen LogP contribution in [0.1, 0.15) is 18.7 Å². The first-order chi connectivity index (χ1) is 8.40. The molecule has 0 aliphatic heterocycles. The molecule has 0 radical (unpaired) electrons. The number of nitrogens with one attached hydrogen (secondary N) is 2. The fourth-order valence-electron chi connectivity index (χ4n) is 1.32. The van der Waals surface area contributed by atoms with Crippen LogP contribution in [0.4, 0.5) is 4.79 Å². The van der Waals surface area contributed by atoms with E-state index < -0.39 is 18.0 Å². The van der Waals surface area contributed by atoms with E-state index in [4.69, 9.17) is 5.11 Å². The average molecular weight is 335 g/mol. The van der Waals surface area contributed by atoms with Crippen LogP contribution in [-0.2, 0) is 11.3 Å². The van der Waals surface area contributed by atoms with Gasteiger partial charge < -0.3 is 15.7 Å². The Morgan fingerprint density at radius 1 is 1.44 bits per heavy atom. The summed E-state index contributed by atoms with van der Waals surface area (Å²) in [6.45, 7) is 3.87. The first-order valence-corrected chi connectivity index (χ1v) is 7.02. The molecule has 1 aromatic heterocycles. The van der Waals surface area contributed by atoms with E-state index in [0.717, 1.165) is 8.66 Å². The highest BCUT2D eigenvalue weighted by atomic mass is 79.9. The number of hydrogen-bond acceptors (Lipinski definition) is 3. The highest BCUT2D eigenvalue weighted by Gasteiger charge is 2.23. The molecule has 1 rings (SSSR count). The second-order valence-corrected chi connectivity index (χ2v) is 6.64. The van der Waals surface area contributed by atoms with E-state index in [0.29, 0.717) is 6.54 Å². The third-order valence-corrected chi connectivity index (χ3v) is 3.89. The zero-order valence-corrected chi connectivity index (χ0v) is 12.5. The van der Waals surface area contributed by atoms with Crippen molar-refractivity contribution < 1.29 is 14.7 Å². The van der Waals surface area contributed by atoms with Crippen molar-refractivity contribution in [2.45, 2.75) is 26.4 Å². The van der Waals surface area contributed by atoms with Crippen molar-refractivity contribution in [3.8, 4) is 0 Å². The number of carboxylic acids is 1. The molecule has 100 valence electrons. The maximum atomic E-state index is 11.5. The lowest BCUT2D eigenvalue weighted by Crippen LogP contribution is -2.48. The van der Waals surface area contributed by atoms with Crippen molar-refractivity contribution in [2.24, 2.45) is 5.92 Å². The first kappa shape index (κ1) is 15.0. The van der Waals surface area contributed by atoms with Crippen LogP contribution in [0, 0.1) is 5.92 Å². The van der Waals surface area contributed by atoms with E-state index in [1.807, 2.05) is 12.1 Å². The summed E-state index contributed by atoms with van der Waals surface area (Å²) in [6, 6.07) is 2.44. The number of rotatable bonds is 5. The van der Waals surface area contributed by atoms with E-state index in [1.165, 1.54) is 11.3 Å². The molecule has 18 heavy (non-hydrogen) atoms. The highest BCUT2D eigenvalue weighted by Crippen LogP contribution is 2.21. The lowest BCUT2D eigenvalue weighted by molar-refractivity contribution is -0.140. The minimum Gasteiger partial charge on any atom is -0.480 e. The Kier molecular flexibility index (Phi) is 5.61. The van der Waals surface area contributed by atoms with E-state index in [2.05, 4.69) is 26.6 Å². The fourth-order valence-corrected chi connectivity index (χ4v) is 2.74. The van der Waals surface area contributed by atoms with E-state index in [1.54, 1.807) is 13.8 Å². The molecular formula is C11H15BrN2O3S. The van der Waals surface area contributed by atoms with Crippen LogP contribution in [-0.4, -0.2) is 23.1 Å². The summed E-state index contributed by atoms with van der Waals surface area (Å²) in [6.07, 6.45) is 0. The molecule has 0 aromatic carbocycles. The van der Waals surface area contributed by atoms with Gasteiger partial charge in [-0.1, -0.05) is 13.8 Å². The summed E-state index contributed by atoms with van der Waals surface area (Å²) in [5.41, 5.74) is 0. The number of aliphatic carboxylic acids is 1. The van der Waals surface area contributed by atoms with Crippen molar-refractivity contribution in [3.63, 3.8) is 0 Å². The second-order valence-electron chi connectivity index (χ2n) is 4.09. The van der Waals surface area contributed by atoms with Crippen LogP contribution >= 0.6 is 27.3 Å². The van der Waals surface area contributed by atoms with Crippen LogP contribution in [0.15, 0.2) is 15.9 Å². The van der Waals surface area contributed by atoms with Crippen molar-refractivity contribution in [1.82, 2.24) is 10.6 Å². The lowest BCUT2D eigenvalue weighted by atomic mass is 10.1. The van der Waals surface area contributed by atoms with Gasteiger partial charge in [0.2, 0.25) is 0 Å². The number of hydrogen-bond donors (Lipinski definition) is 3. The smallest absolute Gasteiger partial charge is 0.326 e. The third-order valence-electron chi connectivity index (χ3n) is 2.27. The molecule has 0 aliphatic rings. The maximum absolute atomic E-state index is 11.5. The summed E-state index contributed by atoms with van der Waals surface area (Å²) in [5.74, 6) is -1.19. The zero-order chi connectivity index (χ0) is 13.7. The van der Waals surface area contributed by atoms with Crippen molar-refractivity contribution in [1.29, 1.82) is 0 Å². The number of urea groups is 1. The largest absolute Gasteiger partial charge is 0.480 e. The van der Waals surface area contributed by atoms with Gasteiger partial charge in [-0.25, -0.2) is 9.59 Å². The summed E-state index contributed by atoms with van der Waals surface area (Å²) in [5, 5.41) is 14.0. The Hall–Kier alpha value is -1.08. The number of carbonyl (C=O) groups excluding carboxylic acids is 1. The van der Waals surface area contributed by atoms with E-state index in [-0.39, 0.29) is 5.92 Å². The van der Waals surface area contributed by atoms with Gasteiger partial charge in [-0.3, -0.25) is 0 Å². The predicted octanol–water partition coefficient (Wildman–Crippen LogP) is 2.42. The lowest BCUT2D eigenvalue weighted by Gasteiger charge is -2.18. The highest BCUT2D eigenvalue weighted by molar-refractivity contribution is 9.11. The van der Waals surface area contributed by atoms with Crippen LogP contribution in [0.2, 0.25) is 0 Å². The molecule has 0 saturated heterocycles. The van der Waals surface area contributed by atoms with Crippen LogP contribution in [0.25, 0.3) is 0 Å². The minimum atomic E-state index is -1.03. The van der Waals surface area contributed by atoms with Gasteiger partial charge in [-0.2, -0.15) is 0 Å². The third kappa shape index (κ3) is 4.66. The topological polar surface area (TPSA) is 78.4 Å². The molecule has 1 heterocycles. The van der Waals surface area contributed by atoms with E-state index in [9.17, 15) is 9.59 Å². The molecule has 0 unspecified atom stereocenters. The Bertz CT molecular complexity index is 434. The molecule has 0 aliphatic carbocycles. The molecule has 1 aromatic rings. The molecular weight excluding hydrogens is 320 g/mol. The first-order valence-electron chi connectivity index (χ1n) is 5.41. The van der Waals surface area contributed by atoms with Gasteiger partial charge in [0.25, 0.3) is 0 Å². The van der Waals surface area contributed by atoms with Gasteiger partial charge in [0.05, 0.1) is 10.3 Å². The molecule has 5 nitrogen and oxygen atoms in total. The molecule has 2 amide bonds. The summed E-state index contributed by atoms with van der Waals surface area (Å²) in [4.78, 5) is 23.5. The minimum absolute atomic E-state index is 0.163. The molecule has 0 fully saturated rings. The van der Waals surface area contributed by atoms with Gasteiger partial charge in [0.1, 0.15) is 6.04 Å². The normalized spacial score (nSPS) is 12.2. The Morgan fingerprint density at radius 3 is 2.56 bits per heavy atom. The van der Waals surface area contributed by atoms with Crippen molar-refractivity contribution in [2.75, 3.05) is 0 Å². The van der Waals surface area contributed by atoms with Crippen LogP contribution in [0.3, 0.4) is 0 Å². The summed E-state index contributed by atoms with van der Waals surface area (Å²) in [7, 11) is 0. The number of amides is 2. The quantitative estimate of drug-likeness (QED) is 0.773. The standard InChI is InChI=1S/C11H15BrN2O3S/c1-6(2)9(10(15)16)14-11(17)13-5-7-3-4-8(12)18-7/h3-4,6,9H,5H2,1-2H3,(H,15,16)(H2,13,14,17)/t9-/m1/s1. The van der Waals surface area contributed by atoms with Crippen molar-refractivity contribution in [3.05, 3.63) is 20.8 Å². The van der Waals surface area contributed by atoms with E-state index >= 15 is 0 Å². The monoisotopic (exact) mass is 334 g/mol. The summed E-state index contributed by atoms with van der Waals surface area (Å²) < 4.78 is 0.991. The Morgan fingerprint density at radius 2 is 2.11 bits per heavy atom. The van der Waals surface area contributed by atoms with Crippen LogP contribution < -0.4 is 10.6 Å². The Balaban J connectivity index is 2.43. The number of thiophene rings is 1. The van der Waals surface area contributed by atoms with Gasteiger partial charge in [-0.05, 0) is 34.0 Å². The zero-order valence-electron chi connectivity index (χ0n) is 10.1. The van der Waals surface area contributed by atoms with Crippen LogP contribution in [0.5, 0.6) is 0 Å². The van der Waals surface area contributed by atoms with Gasteiger partial charge in [-0.15, -0.1) is 11.3 Å². The molecule has 7 heteroatoms. The summed E-state index contributed by atoms with van der Waals surface area (Å²) >= 11 is 4.85. The second kappa shape index (κ2) is 6.75. The van der Waals surface area contributed by atoms with Gasteiger partial charge in [0.15, 0.2) is 0 Å². The molecule has 3 N–H and O–H groups in total. The SMILES string of the molecule is CC(C)[C@@H](NC(=O)NCc1ccc(Br)s1)C(=O)O. The Labute approximate surface area is 118 Å². The number of halogens is 1. The predicted molar refractivity (Wildman–Crippen MR) is 73.7 cm³/mol. The fraction of sp³-hybridized carbons (Fsp3) is 0.455. The van der Waals surface area contributed by atoms with Gasteiger partial charge >= 0.3 is 12.0 Å². The molecule has 0 bridgehead atoms. The number of carboxylic acid groups (broad SMARTS) is 1. The molecule has 0 spiro atoms. The maximum Gasteiger partial charge on any atom is 0.326 e. The number of carbonyl (C=O) groups is 2. The van der Waals surface area contributed by atoms with Crippen molar-refractivity contribution >= 4 is 39.3 Å². The van der Waals surface area contributed by atoms with Gasteiger partial charge in [0, 0.05) is 4.88 Å². The average Bonchev–Trinajstić information content (AvgIpc) is 2.68. The molecule has 1 atom stereocenters.